The lowest BCUT2D eigenvalue weighted by atomic mass is 10.4. The van der Waals surface area contributed by atoms with Gasteiger partial charge in [-0.1, -0.05) is 13.3 Å². The highest BCUT2D eigenvalue weighted by Gasteiger charge is 1.90. The number of nitrogens with one attached hydrogen (secondary N) is 1. The molecule has 0 aliphatic carbocycles. The van der Waals surface area contributed by atoms with Crippen LogP contribution >= 0.6 is 11.8 Å². The van der Waals surface area contributed by atoms with Gasteiger partial charge >= 0.3 is 0 Å². The summed E-state index contributed by atoms with van der Waals surface area (Å²) in [6.07, 6.45) is 2.54. The quantitative estimate of drug-likeness (QED) is 0.622. The largest absolute Gasteiger partial charge is 0.356 e. The third-order valence-electron chi connectivity index (χ3n) is 1.26. The minimum absolute atomic E-state index is 0.0705. The second kappa shape index (κ2) is 7.92. The van der Waals surface area contributed by atoms with E-state index in [4.69, 9.17) is 0 Å². The Bertz CT molecular complexity index is 106. The van der Waals surface area contributed by atoms with Crippen molar-refractivity contribution in [3.8, 4) is 0 Å². The zero-order valence-corrected chi connectivity index (χ0v) is 8.17. The molecule has 1 amide bonds. The first-order valence-corrected chi connectivity index (χ1v) is 5.25. The van der Waals surface area contributed by atoms with Crippen molar-refractivity contribution >= 4 is 17.7 Å². The van der Waals surface area contributed by atoms with E-state index < -0.39 is 0 Å². The Balaban J connectivity index is 2.85. The Hall–Kier alpha value is -0.180. The monoisotopic (exact) mass is 175 g/mol. The van der Waals surface area contributed by atoms with Gasteiger partial charge < -0.3 is 5.32 Å². The fraction of sp³-hybridized carbons (Fsp3) is 0.875. The predicted octanol–water partition coefficient (Wildman–Crippen LogP) is 1.66. The molecule has 0 fully saturated rings. The molecule has 0 heterocycles. The van der Waals surface area contributed by atoms with E-state index in [9.17, 15) is 4.79 Å². The van der Waals surface area contributed by atoms with Crippen LogP contribution in [0.2, 0.25) is 0 Å². The Kier molecular flexibility index (Phi) is 7.79. The van der Waals surface area contributed by atoms with E-state index in [0.717, 1.165) is 12.3 Å². The summed E-state index contributed by atoms with van der Waals surface area (Å²) in [5.41, 5.74) is 0. The van der Waals surface area contributed by atoms with E-state index >= 15 is 0 Å². The zero-order chi connectivity index (χ0) is 8.53. The van der Waals surface area contributed by atoms with E-state index in [1.807, 2.05) is 11.8 Å². The van der Waals surface area contributed by atoms with Crippen LogP contribution in [0.1, 0.15) is 26.7 Å². The van der Waals surface area contributed by atoms with Crippen LogP contribution in [0.5, 0.6) is 0 Å². The summed E-state index contributed by atoms with van der Waals surface area (Å²) in [6.45, 7) is 4.55. The van der Waals surface area contributed by atoms with Crippen LogP contribution in [0.3, 0.4) is 0 Å². The summed E-state index contributed by atoms with van der Waals surface area (Å²) < 4.78 is 0. The molecule has 0 bridgehead atoms. The first-order chi connectivity index (χ1) is 5.27. The van der Waals surface area contributed by atoms with Gasteiger partial charge in [0.1, 0.15) is 0 Å². The van der Waals surface area contributed by atoms with Crippen LogP contribution in [0.4, 0.5) is 0 Å². The van der Waals surface area contributed by atoms with Gasteiger partial charge in [0.05, 0.1) is 0 Å². The van der Waals surface area contributed by atoms with Gasteiger partial charge in [0.15, 0.2) is 0 Å². The van der Waals surface area contributed by atoms with E-state index in [0.29, 0.717) is 0 Å². The highest BCUT2D eigenvalue weighted by molar-refractivity contribution is 7.99. The standard InChI is InChI=1S/C8H17NOS/c1-3-4-6-11-7-5-9-8(2)10/h3-7H2,1-2H3,(H,9,10). The molecule has 0 aromatic carbocycles. The minimum atomic E-state index is 0.0705. The molecule has 0 aromatic rings. The van der Waals surface area contributed by atoms with E-state index in [1.165, 1.54) is 18.6 Å². The average molecular weight is 175 g/mol. The maximum absolute atomic E-state index is 10.4. The van der Waals surface area contributed by atoms with Crippen LogP contribution in [-0.4, -0.2) is 24.0 Å². The van der Waals surface area contributed by atoms with Crippen LogP contribution in [0, 0.1) is 0 Å². The van der Waals surface area contributed by atoms with Crippen molar-refractivity contribution in [3.05, 3.63) is 0 Å². The number of carbonyl (C=O) groups excluding carboxylic acids is 1. The van der Waals surface area contributed by atoms with Crippen molar-refractivity contribution < 1.29 is 4.79 Å². The number of hydrogen-bond donors (Lipinski definition) is 1. The zero-order valence-electron chi connectivity index (χ0n) is 7.35. The Labute approximate surface area is 73.1 Å². The highest BCUT2D eigenvalue weighted by Crippen LogP contribution is 2.02. The summed E-state index contributed by atoms with van der Waals surface area (Å²) in [5, 5.41) is 2.76. The first-order valence-electron chi connectivity index (χ1n) is 4.09. The van der Waals surface area contributed by atoms with Gasteiger partial charge in [-0.25, -0.2) is 0 Å². The van der Waals surface area contributed by atoms with Crippen molar-refractivity contribution in [3.63, 3.8) is 0 Å². The Morgan fingerprint density at radius 2 is 2.18 bits per heavy atom. The second-order valence-corrected chi connectivity index (χ2v) is 3.67. The van der Waals surface area contributed by atoms with Crippen LogP contribution in [0.25, 0.3) is 0 Å². The molecule has 3 heteroatoms. The van der Waals surface area contributed by atoms with Crippen molar-refractivity contribution in [2.45, 2.75) is 26.7 Å². The molecule has 0 saturated carbocycles. The number of rotatable bonds is 6. The lowest BCUT2D eigenvalue weighted by molar-refractivity contribution is -0.118. The van der Waals surface area contributed by atoms with Crippen molar-refractivity contribution in [1.82, 2.24) is 5.32 Å². The molecule has 11 heavy (non-hydrogen) atoms. The normalized spacial score (nSPS) is 9.64. The fourth-order valence-corrected chi connectivity index (χ4v) is 1.59. The van der Waals surface area contributed by atoms with Crippen LogP contribution in [-0.2, 0) is 4.79 Å². The molecule has 66 valence electrons. The highest BCUT2D eigenvalue weighted by atomic mass is 32.2. The van der Waals surface area contributed by atoms with Crippen molar-refractivity contribution in [2.24, 2.45) is 0 Å². The molecule has 0 saturated heterocycles. The van der Waals surface area contributed by atoms with Gasteiger partial charge in [-0.05, 0) is 12.2 Å². The van der Waals surface area contributed by atoms with Gasteiger partial charge in [0, 0.05) is 19.2 Å². The second-order valence-electron chi connectivity index (χ2n) is 2.45. The number of amides is 1. The van der Waals surface area contributed by atoms with Gasteiger partial charge in [0.2, 0.25) is 5.91 Å². The van der Waals surface area contributed by atoms with E-state index in [-0.39, 0.29) is 5.91 Å². The maximum Gasteiger partial charge on any atom is 0.216 e. The number of hydrogen-bond acceptors (Lipinski definition) is 2. The van der Waals surface area contributed by atoms with E-state index in [2.05, 4.69) is 12.2 Å². The van der Waals surface area contributed by atoms with Crippen molar-refractivity contribution in [1.29, 1.82) is 0 Å². The first kappa shape index (κ1) is 10.8. The van der Waals surface area contributed by atoms with Crippen LogP contribution in [0.15, 0.2) is 0 Å². The Morgan fingerprint density at radius 1 is 1.45 bits per heavy atom. The molecule has 0 aliphatic rings. The van der Waals surface area contributed by atoms with Gasteiger partial charge in [0.25, 0.3) is 0 Å². The third kappa shape index (κ3) is 9.82. The molecular weight excluding hydrogens is 158 g/mol. The summed E-state index contributed by atoms with van der Waals surface area (Å²) in [6, 6.07) is 0. The smallest absolute Gasteiger partial charge is 0.216 e. The summed E-state index contributed by atoms with van der Waals surface area (Å²) in [7, 11) is 0. The van der Waals surface area contributed by atoms with Crippen LogP contribution < -0.4 is 5.32 Å². The molecule has 0 radical (unpaired) electrons. The molecule has 2 nitrogen and oxygen atoms in total. The van der Waals surface area contributed by atoms with Gasteiger partial charge in [-0.3, -0.25) is 4.79 Å². The lowest BCUT2D eigenvalue weighted by Gasteiger charge is -2.00. The fourth-order valence-electron chi connectivity index (χ4n) is 0.648. The topological polar surface area (TPSA) is 29.1 Å². The molecule has 0 atom stereocenters. The van der Waals surface area contributed by atoms with E-state index in [1.54, 1.807) is 6.92 Å². The minimum Gasteiger partial charge on any atom is -0.356 e. The summed E-state index contributed by atoms with van der Waals surface area (Å²) in [4.78, 5) is 10.4. The maximum atomic E-state index is 10.4. The number of thioether (sulfide) groups is 1. The molecule has 0 aromatic heterocycles. The van der Waals surface area contributed by atoms with Crippen molar-refractivity contribution in [2.75, 3.05) is 18.1 Å². The molecule has 0 rings (SSSR count). The number of carbonyl (C=O) groups is 1. The van der Waals surface area contributed by atoms with Gasteiger partial charge in [-0.2, -0.15) is 11.8 Å². The molecule has 0 spiro atoms. The number of unbranched alkanes of at least 4 members (excludes halogenated alkanes) is 1. The molecule has 1 N–H and O–H groups in total. The third-order valence-corrected chi connectivity index (χ3v) is 2.33. The Morgan fingerprint density at radius 3 is 2.73 bits per heavy atom. The molecule has 0 unspecified atom stereocenters. The SMILES string of the molecule is CCCCSCCNC(C)=O. The summed E-state index contributed by atoms with van der Waals surface area (Å²) in [5.74, 6) is 2.33. The summed E-state index contributed by atoms with van der Waals surface area (Å²) >= 11 is 1.91. The molecule has 0 aliphatic heterocycles. The van der Waals surface area contributed by atoms with Gasteiger partial charge in [-0.15, -0.1) is 0 Å². The lowest BCUT2D eigenvalue weighted by Crippen LogP contribution is -2.22. The predicted molar refractivity (Wildman–Crippen MR) is 50.9 cm³/mol. The molecular formula is C8H17NOS. The average Bonchev–Trinajstić information content (AvgIpc) is 1.96.